The molecule has 5 nitrogen and oxygen atoms in total. The van der Waals surface area contributed by atoms with E-state index in [9.17, 15) is 4.79 Å². The minimum Gasteiger partial charge on any atom is -0.339 e. The van der Waals surface area contributed by atoms with E-state index >= 15 is 0 Å². The van der Waals surface area contributed by atoms with Crippen LogP contribution in [0.5, 0.6) is 0 Å². The molecule has 0 bridgehead atoms. The first-order valence-electron chi connectivity index (χ1n) is 7.87. The van der Waals surface area contributed by atoms with Crippen molar-refractivity contribution < 1.29 is 9.32 Å². The van der Waals surface area contributed by atoms with Crippen molar-refractivity contribution in [2.75, 3.05) is 11.4 Å². The smallest absolute Gasteiger partial charge is 0.232 e. The maximum atomic E-state index is 12.3. The van der Waals surface area contributed by atoms with Gasteiger partial charge in [-0.1, -0.05) is 30.6 Å². The summed E-state index contributed by atoms with van der Waals surface area (Å²) in [5.41, 5.74) is 2.27. The van der Waals surface area contributed by atoms with Crippen LogP contribution in [0.3, 0.4) is 0 Å². The highest BCUT2D eigenvalue weighted by molar-refractivity contribution is 5.96. The largest absolute Gasteiger partial charge is 0.339 e. The summed E-state index contributed by atoms with van der Waals surface area (Å²) in [4.78, 5) is 18.3. The number of carbonyl (C=O) groups is 1. The molecule has 3 rings (SSSR count). The van der Waals surface area contributed by atoms with Gasteiger partial charge in [-0.3, -0.25) is 4.79 Å². The molecule has 116 valence electrons. The maximum Gasteiger partial charge on any atom is 0.232 e. The molecule has 22 heavy (non-hydrogen) atoms. The normalized spacial score (nSPS) is 18.2. The number of unbranched alkanes of at least 4 members (excludes halogenated alkanes) is 1. The van der Waals surface area contributed by atoms with Gasteiger partial charge in [-0.2, -0.15) is 4.98 Å². The van der Waals surface area contributed by atoms with E-state index in [0.29, 0.717) is 24.7 Å². The van der Waals surface area contributed by atoms with Gasteiger partial charge in [-0.05, 0) is 37.5 Å². The first-order chi connectivity index (χ1) is 10.7. The van der Waals surface area contributed by atoms with Gasteiger partial charge in [0.15, 0.2) is 5.82 Å². The van der Waals surface area contributed by atoms with Gasteiger partial charge in [-0.25, -0.2) is 0 Å². The summed E-state index contributed by atoms with van der Waals surface area (Å²) in [6.45, 7) is 4.59. The molecule has 1 aromatic carbocycles. The van der Waals surface area contributed by atoms with Gasteiger partial charge >= 0.3 is 0 Å². The van der Waals surface area contributed by atoms with Crippen molar-refractivity contribution in [1.82, 2.24) is 10.1 Å². The number of nitrogens with zero attached hydrogens (tertiary/aromatic N) is 3. The van der Waals surface area contributed by atoms with Crippen LogP contribution < -0.4 is 4.90 Å². The van der Waals surface area contributed by atoms with Crippen LogP contribution in [0, 0.1) is 6.92 Å². The fourth-order valence-corrected chi connectivity index (χ4v) is 2.82. The third-order valence-corrected chi connectivity index (χ3v) is 4.08. The fraction of sp³-hybridized carbons (Fsp3) is 0.471. The Balaban J connectivity index is 1.71. The van der Waals surface area contributed by atoms with E-state index in [4.69, 9.17) is 4.52 Å². The number of hydrogen-bond donors (Lipinski definition) is 0. The van der Waals surface area contributed by atoms with Crippen molar-refractivity contribution in [3.8, 4) is 0 Å². The van der Waals surface area contributed by atoms with Gasteiger partial charge in [0.1, 0.15) is 0 Å². The first-order valence-corrected chi connectivity index (χ1v) is 7.87. The molecule has 1 saturated heterocycles. The number of aromatic nitrogens is 2. The molecule has 1 unspecified atom stereocenters. The number of benzene rings is 1. The average Bonchev–Trinajstić information content (AvgIpc) is 3.12. The van der Waals surface area contributed by atoms with Crippen molar-refractivity contribution in [3.05, 3.63) is 41.5 Å². The molecule has 0 spiro atoms. The molecule has 5 heteroatoms. The van der Waals surface area contributed by atoms with Crippen molar-refractivity contribution >= 4 is 11.6 Å². The van der Waals surface area contributed by atoms with E-state index in [1.54, 1.807) is 6.92 Å². The molecule has 0 aliphatic carbocycles. The molecule has 2 aromatic rings. The molecule has 0 N–H and O–H groups in total. The molecule has 1 aromatic heterocycles. The molecular weight excluding hydrogens is 278 g/mol. The number of amides is 1. The summed E-state index contributed by atoms with van der Waals surface area (Å²) in [7, 11) is 0. The van der Waals surface area contributed by atoms with E-state index < -0.39 is 0 Å². The Morgan fingerprint density at radius 1 is 1.32 bits per heavy atom. The lowest BCUT2D eigenvalue weighted by Gasteiger charge is -2.16. The summed E-state index contributed by atoms with van der Waals surface area (Å²) in [6.07, 6.45) is 3.91. The molecular formula is C17H21N3O2. The SMILES string of the molecule is CCCCc1ccc(N2CC(c3nc(C)no3)CC2=O)cc1. The molecule has 1 aliphatic heterocycles. The monoisotopic (exact) mass is 299 g/mol. The van der Waals surface area contributed by atoms with Gasteiger partial charge in [0.25, 0.3) is 0 Å². The number of anilines is 1. The molecule has 1 amide bonds. The third kappa shape index (κ3) is 3.03. The number of hydrogen-bond acceptors (Lipinski definition) is 4. The predicted molar refractivity (Wildman–Crippen MR) is 83.8 cm³/mol. The summed E-state index contributed by atoms with van der Waals surface area (Å²) >= 11 is 0. The Labute approximate surface area is 130 Å². The first kappa shape index (κ1) is 14.8. The third-order valence-electron chi connectivity index (χ3n) is 4.08. The van der Waals surface area contributed by atoms with Crippen LogP contribution in [0.2, 0.25) is 0 Å². The standard InChI is InChI=1S/C17H21N3O2/c1-3-4-5-13-6-8-15(9-7-13)20-11-14(10-16(20)21)17-18-12(2)19-22-17/h6-9,14H,3-5,10-11H2,1-2H3. The van der Waals surface area contributed by atoms with E-state index in [1.807, 2.05) is 17.0 Å². The molecule has 2 heterocycles. The second-order valence-corrected chi connectivity index (χ2v) is 5.86. The zero-order valence-corrected chi connectivity index (χ0v) is 13.1. The number of rotatable bonds is 5. The van der Waals surface area contributed by atoms with Crippen LogP contribution in [0.25, 0.3) is 0 Å². The predicted octanol–water partition coefficient (Wildman–Crippen LogP) is 3.24. The highest BCUT2D eigenvalue weighted by Crippen LogP contribution is 2.31. The highest BCUT2D eigenvalue weighted by atomic mass is 16.5. The Hall–Kier alpha value is -2.17. The molecule has 0 saturated carbocycles. The summed E-state index contributed by atoms with van der Waals surface area (Å²) in [6, 6.07) is 8.29. The van der Waals surface area contributed by atoms with Crippen molar-refractivity contribution in [1.29, 1.82) is 0 Å². The number of carbonyl (C=O) groups excluding carboxylic acids is 1. The summed E-state index contributed by atoms with van der Waals surface area (Å²) in [5, 5.41) is 3.81. The Kier molecular flexibility index (Phi) is 4.22. The topological polar surface area (TPSA) is 59.2 Å². The zero-order chi connectivity index (χ0) is 15.5. The number of aryl methyl sites for hydroxylation is 2. The lowest BCUT2D eigenvalue weighted by Crippen LogP contribution is -2.24. The van der Waals surface area contributed by atoms with Gasteiger partial charge in [0.2, 0.25) is 11.8 Å². The summed E-state index contributed by atoms with van der Waals surface area (Å²) in [5.74, 6) is 1.28. The van der Waals surface area contributed by atoms with E-state index in [1.165, 1.54) is 18.4 Å². The van der Waals surface area contributed by atoms with Crippen LogP contribution in [-0.4, -0.2) is 22.6 Å². The average molecular weight is 299 g/mol. The van der Waals surface area contributed by atoms with Gasteiger partial charge < -0.3 is 9.42 Å². The van der Waals surface area contributed by atoms with Crippen LogP contribution in [0.15, 0.2) is 28.8 Å². The maximum absolute atomic E-state index is 12.3. The Morgan fingerprint density at radius 2 is 2.09 bits per heavy atom. The molecule has 0 radical (unpaired) electrons. The fourth-order valence-electron chi connectivity index (χ4n) is 2.82. The second-order valence-electron chi connectivity index (χ2n) is 5.86. The van der Waals surface area contributed by atoms with Crippen LogP contribution in [-0.2, 0) is 11.2 Å². The van der Waals surface area contributed by atoms with Gasteiger partial charge in [-0.15, -0.1) is 0 Å². The van der Waals surface area contributed by atoms with Gasteiger partial charge in [0, 0.05) is 18.7 Å². The minimum atomic E-state index is -0.00605. The lowest BCUT2D eigenvalue weighted by atomic mass is 10.1. The van der Waals surface area contributed by atoms with Crippen LogP contribution in [0.1, 0.15) is 49.4 Å². The summed E-state index contributed by atoms with van der Waals surface area (Å²) < 4.78 is 5.20. The van der Waals surface area contributed by atoms with Crippen LogP contribution in [0.4, 0.5) is 5.69 Å². The Morgan fingerprint density at radius 3 is 2.73 bits per heavy atom. The molecule has 1 fully saturated rings. The minimum absolute atomic E-state index is 0.00605. The quantitative estimate of drug-likeness (QED) is 0.850. The van der Waals surface area contributed by atoms with E-state index in [-0.39, 0.29) is 11.8 Å². The second kappa shape index (κ2) is 6.30. The van der Waals surface area contributed by atoms with E-state index in [0.717, 1.165) is 12.1 Å². The molecule has 1 atom stereocenters. The van der Waals surface area contributed by atoms with Crippen molar-refractivity contribution in [2.24, 2.45) is 0 Å². The van der Waals surface area contributed by atoms with Gasteiger partial charge in [0.05, 0.1) is 5.92 Å². The zero-order valence-electron chi connectivity index (χ0n) is 13.1. The van der Waals surface area contributed by atoms with Crippen LogP contribution >= 0.6 is 0 Å². The highest BCUT2D eigenvalue weighted by Gasteiger charge is 2.34. The Bertz CT molecular complexity index is 648. The van der Waals surface area contributed by atoms with Crippen molar-refractivity contribution in [2.45, 2.75) is 45.4 Å². The molecule has 1 aliphatic rings. The lowest BCUT2D eigenvalue weighted by molar-refractivity contribution is -0.117. The van der Waals surface area contributed by atoms with Crippen molar-refractivity contribution in [3.63, 3.8) is 0 Å². The van der Waals surface area contributed by atoms with E-state index in [2.05, 4.69) is 29.2 Å².